The molecule has 0 radical (unpaired) electrons. The summed E-state index contributed by atoms with van der Waals surface area (Å²) >= 11 is 0. The second-order valence-corrected chi connectivity index (χ2v) is 6.60. The Bertz CT molecular complexity index is 743. The van der Waals surface area contributed by atoms with Crippen LogP contribution in [0.5, 0.6) is 0 Å². The third kappa shape index (κ3) is 3.93. The third-order valence-corrected chi connectivity index (χ3v) is 4.53. The maximum atomic E-state index is 12.9. The van der Waals surface area contributed by atoms with Crippen LogP contribution in [0.3, 0.4) is 0 Å². The van der Waals surface area contributed by atoms with Crippen LogP contribution < -0.4 is 10.6 Å². The lowest BCUT2D eigenvalue weighted by molar-refractivity contribution is 0.247. The van der Waals surface area contributed by atoms with E-state index in [1.807, 2.05) is 4.68 Å². The SMILES string of the molecule is O=C(Nc1ccc(F)cc1)N[C@H]1CCN(Cc2nnnn2C2CC2)C1. The van der Waals surface area contributed by atoms with Gasteiger partial charge < -0.3 is 10.6 Å². The summed E-state index contributed by atoms with van der Waals surface area (Å²) in [6.07, 6.45) is 3.17. The molecule has 132 valence electrons. The first-order valence-electron chi connectivity index (χ1n) is 8.49. The summed E-state index contributed by atoms with van der Waals surface area (Å²) in [7, 11) is 0. The fraction of sp³-hybridized carbons (Fsp3) is 0.500. The van der Waals surface area contributed by atoms with E-state index >= 15 is 0 Å². The van der Waals surface area contributed by atoms with Gasteiger partial charge in [-0.3, -0.25) is 4.90 Å². The Balaban J connectivity index is 1.26. The van der Waals surface area contributed by atoms with E-state index in [-0.39, 0.29) is 17.9 Å². The summed E-state index contributed by atoms with van der Waals surface area (Å²) < 4.78 is 14.8. The van der Waals surface area contributed by atoms with Crippen LogP contribution >= 0.6 is 0 Å². The highest BCUT2D eigenvalue weighted by molar-refractivity contribution is 5.89. The second kappa shape index (κ2) is 6.75. The number of hydrogen-bond acceptors (Lipinski definition) is 5. The summed E-state index contributed by atoms with van der Waals surface area (Å²) in [6.45, 7) is 2.34. The van der Waals surface area contributed by atoms with Gasteiger partial charge in [0.15, 0.2) is 5.82 Å². The molecule has 1 aromatic carbocycles. The smallest absolute Gasteiger partial charge is 0.319 e. The van der Waals surface area contributed by atoms with Gasteiger partial charge in [0, 0.05) is 24.8 Å². The van der Waals surface area contributed by atoms with E-state index < -0.39 is 0 Å². The molecule has 2 amide bonds. The number of halogens is 1. The predicted octanol–water partition coefficient (Wildman–Crippen LogP) is 1.54. The summed E-state index contributed by atoms with van der Waals surface area (Å²) in [5.41, 5.74) is 0.567. The largest absolute Gasteiger partial charge is 0.334 e. The van der Waals surface area contributed by atoms with Gasteiger partial charge in [0.2, 0.25) is 0 Å². The lowest BCUT2D eigenvalue weighted by Crippen LogP contribution is -2.39. The Morgan fingerprint density at radius 3 is 2.80 bits per heavy atom. The van der Waals surface area contributed by atoms with Crippen molar-refractivity contribution in [3.63, 3.8) is 0 Å². The fourth-order valence-corrected chi connectivity index (χ4v) is 3.10. The van der Waals surface area contributed by atoms with Crippen LogP contribution in [0.25, 0.3) is 0 Å². The quantitative estimate of drug-likeness (QED) is 0.858. The van der Waals surface area contributed by atoms with E-state index in [9.17, 15) is 9.18 Å². The predicted molar refractivity (Wildman–Crippen MR) is 88.3 cm³/mol. The second-order valence-electron chi connectivity index (χ2n) is 6.60. The van der Waals surface area contributed by atoms with Crippen LogP contribution in [0.15, 0.2) is 24.3 Å². The van der Waals surface area contributed by atoms with Crippen LogP contribution in [0.2, 0.25) is 0 Å². The van der Waals surface area contributed by atoms with E-state index in [0.29, 0.717) is 18.3 Å². The Hall–Kier alpha value is -2.55. The Labute approximate surface area is 144 Å². The molecule has 8 nitrogen and oxygen atoms in total. The van der Waals surface area contributed by atoms with Crippen LogP contribution in [0.1, 0.15) is 31.1 Å². The Morgan fingerprint density at radius 2 is 2.04 bits per heavy atom. The summed E-state index contributed by atoms with van der Waals surface area (Å²) in [4.78, 5) is 14.3. The number of benzene rings is 1. The van der Waals surface area contributed by atoms with Crippen molar-refractivity contribution in [3.05, 3.63) is 35.9 Å². The lowest BCUT2D eigenvalue weighted by Gasteiger charge is -2.16. The average molecular weight is 345 g/mol. The molecule has 0 spiro atoms. The van der Waals surface area contributed by atoms with E-state index in [0.717, 1.165) is 38.2 Å². The number of hydrogen-bond donors (Lipinski definition) is 2. The molecule has 2 N–H and O–H groups in total. The number of rotatable bonds is 5. The lowest BCUT2D eigenvalue weighted by atomic mass is 10.3. The van der Waals surface area contributed by atoms with Crippen LogP contribution in [-0.4, -0.2) is 50.3 Å². The monoisotopic (exact) mass is 345 g/mol. The highest BCUT2D eigenvalue weighted by Gasteiger charge is 2.30. The molecule has 2 fully saturated rings. The highest BCUT2D eigenvalue weighted by Crippen LogP contribution is 2.34. The van der Waals surface area contributed by atoms with Crippen molar-refractivity contribution in [3.8, 4) is 0 Å². The minimum Gasteiger partial charge on any atom is -0.334 e. The first kappa shape index (κ1) is 15.9. The molecule has 1 aliphatic carbocycles. The zero-order chi connectivity index (χ0) is 17.2. The molecule has 25 heavy (non-hydrogen) atoms. The van der Waals surface area contributed by atoms with E-state index in [2.05, 4.69) is 31.1 Å². The maximum absolute atomic E-state index is 12.9. The number of likely N-dealkylation sites (tertiary alicyclic amines) is 1. The molecule has 9 heteroatoms. The number of amides is 2. The number of aromatic nitrogens is 4. The van der Waals surface area contributed by atoms with Crippen molar-refractivity contribution in [2.75, 3.05) is 18.4 Å². The molecule has 2 aliphatic rings. The first-order valence-corrected chi connectivity index (χ1v) is 8.49. The first-order chi connectivity index (χ1) is 12.2. The van der Waals surface area contributed by atoms with E-state index in [1.165, 1.54) is 24.3 Å². The van der Waals surface area contributed by atoms with Crippen LogP contribution in [0.4, 0.5) is 14.9 Å². The number of nitrogens with one attached hydrogen (secondary N) is 2. The van der Waals surface area contributed by atoms with Crippen molar-refractivity contribution >= 4 is 11.7 Å². The standard InChI is InChI=1S/C16H20FN7O/c17-11-1-3-12(4-2-11)18-16(25)19-13-7-8-23(9-13)10-15-20-21-22-24(15)14-5-6-14/h1-4,13-14H,5-10H2,(H2,18,19,25)/t13-/m0/s1. The zero-order valence-electron chi connectivity index (χ0n) is 13.7. The topological polar surface area (TPSA) is 88.0 Å². The van der Waals surface area contributed by atoms with Gasteiger partial charge in [-0.2, -0.15) is 0 Å². The van der Waals surface area contributed by atoms with Gasteiger partial charge in [-0.05, 0) is 54.0 Å². The van der Waals surface area contributed by atoms with Crippen molar-refractivity contribution in [1.82, 2.24) is 30.4 Å². The summed E-state index contributed by atoms with van der Waals surface area (Å²) in [6, 6.07) is 5.96. The summed E-state index contributed by atoms with van der Waals surface area (Å²) in [5, 5.41) is 17.6. The molecule has 2 heterocycles. The van der Waals surface area contributed by atoms with Crippen molar-refractivity contribution in [1.29, 1.82) is 0 Å². The molecule has 0 unspecified atom stereocenters. The van der Waals surface area contributed by atoms with Crippen molar-refractivity contribution in [2.45, 2.75) is 37.9 Å². The number of anilines is 1. The van der Waals surface area contributed by atoms with Crippen LogP contribution in [0, 0.1) is 5.82 Å². The zero-order valence-corrected chi connectivity index (χ0v) is 13.7. The fourth-order valence-electron chi connectivity index (χ4n) is 3.10. The van der Waals surface area contributed by atoms with Gasteiger partial charge in [-0.1, -0.05) is 0 Å². The normalized spacial score (nSPS) is 20.6. The molecule has 1 aromatic heterocycles. The molecule has 1 saturated carbocycles. The Kier molecular flexibility index (Phi) is 4.31. The molecule has 4 rings (SSSR count). The highest BCUT2D eigenvalue weighted by atomic mass is 19.1. The molecule has 1 atom stereocenters. The third-order valence-electron chi connectivity index (χ3n) is 4.53. The molecular formula is C16H20FN7O. The maximum Gasteiger partial charge on any atom is 0.319 e. The van der Waals surface area contributed by atoms with Crippen molar-refractivity contribution < 1.29 is 9.18 Å². The molecule has 2 aromatic rings. The van der Waals surface area contributed by atoms with Crippen LogP contribution in [-0.2, 0) is 6.54 Å². The molecule has 1 saturated heterocycles. The molecule has 1 aliphatic heterocycles. The number of tetrazole rings is 1. The number of carbonyl (C=O) groups is 1. The minimum atomic E-state index is -0.328. The summed E-state index contributed by atoms with van der Waals surface area (Å²) in [5.74, 6) is 0.560. The van der Waals surface area contributed by atoms with Gasteiger partial charge in [-0.15, -0.1) is 5.10 Å². The van der Waals surface area contributed by atoms with E-state index in [4.69, 9.17) is 0 Å². The average Bonchev–Trinajstić information content (AvgIpc) is 3.18. The Morgan fingerprint density at radius 1 is 1.24 bits per heavy atom. The molecular weight excluding hydrogens is 325 g/mol. The number of urea groups is 1. The van der Waals surface area contributed by atoms with Gasteiger partial charge in [0.05, 0.1) is 12.6 Å². The molecule has 0 bridgehead atoms. The number of carbonyl (C=O) groups excluding carboxylic acids is 1. The van der Waals surface area contributed by atoms with Gasteiger partial charge in [0.25, 0.3) is 0 Å². The van der Waals surface area contributed by atoms with Gasteiger partial charge in [0.1, 0.15) is 5.82 Å². The van der Waals surface area contributed by atoms with Crippen molar-refractivity contribution in [2.24, 2.45) is 0 Å². The number of nitrogens with zero attached hydrogens (tertiary/aromatic N) is 5. The van der Waals surface area contributed by atoms with E-state index in [1.54, 1.807) is 0 Å². The van der Waals surface area contributed by atoms with Gasteiger partial charge >= 0.3 is 6.03 Å². The minimum absolute atomic E-state index is 0.0747. The van der Waals surface area contributed by atoms with Gasteiger partial charge in [-0.25, -0.2) is 13.9 Å².